The molecule has 1 amide bonds. The van der Waals surface area contributed by atoms with Gasteiger partial charge in [0.2, 0.25) is 10.0 Å². The number of aliphatic hydroxyl groups is 1. The molecule has 3 N–H and O–H groups in total. The Bertz CT molecular complexity index is 651. The molecular formula is C15H22N2O4S. The molecule has 0 bridgehead atoms. The summed E-state index contributed by atoms with van der Waals surface area (Å²) < 4.78 is 26.9. The molecule has 0 spiro atoms. The lowest BCUT2D eigenvalue weighted by Gasteiger charge is -2.21. The molecule has 0 unspecified atom stereocenters. The van der Waals surface area contributed by atoms with Gasteiger partial charge in [-0.2, -0.15) is 0 Å². The van der Waals surface area contributed by atoms with Crippen LogP contribution in [-0.4, -0.2) is 37.6 Å². The zero-order valence-corrected chi connectivity index (χ0v) is 13.6. The molecule has 1 aromatic carbocycles. The lowest BCUT2D eigenvalue weighted by molar-refractivity contribution is 0.0518. The topological polar surface area (TPSA) is 95.5 Å². The third kappa shape index (κ3) is 4.53. The SMILES string of the molecule is CC[C@@](C)(O)CNC(=O)c1cccc(S(=O)(=O)NC2CC2)c1. The summed E-state index contributed by atoms with van der Waals surface area (Å²) in [5.41, 5.74) is -0.724. The van der Waals surface area contributed by atoms with E-state index in [1.165, 1.54) is 18.2 Å². The van der Waals surface area contributed by atoms with Crippen molar-refractivity contribution in [1.82, 2.24) is 10.0 Å². The summed E-state index contributed by atoms with van der Waals surface area (Å²) in [6, 6.07) is 5.91. The van der Waals surface area contributed by atoms with Crippen molar-refractivity contribution in [3.8, 4) is 0 Å². The average molecular weight is 326 g/mol. The van der Waals surface area contributed by atoms with Crippen molar-refractivity contribution in [2.75, 3.05) is 6.54 Å². The van der Waals surface area contributed by atoms with Crippen molar-refractivity contribution in [1.29, 1.82) is 0 Å². The van der Waals surface area contributed by atoms with Gasteiger partial charge >= 0.3 is 0 Å². The van der Waals surface area contributed by atoms with Crippen LogP contribution in [-0.2, 0) is 10.0 Å². The van der Waals surface area contributed by atoms with Gasteiger partial charge in [0, 0.05) is 18.2 Å². The summed E-state index contributed by atoms with van der Waals surface area (Å²) in [4.78, 5) is 12.2. The van der Waals surface area contributed by atoms with Gasteiger partial charge in [-0.25, -0.2) is 13.1 Å². The van der Waals surface area contributed by atoms with E-state index in [0.29, 0.717) is 6.42 Å². The molecule has 22 heavy (non-hydrogen) atoms. The molecule has 1 saturated carbocycles. The Morgan fingerprint density at radius 2 is 2.09 bits per heavy atom. The van der Waals surface area contributed by atoms with Gasteiger partial charge in [0.1, 0.15) is 0 Å². The normalized spacial score (nSPS) is 17.8. The third-order valence-electron chi connectivity index (χ3n) is 3.70. The summed E-state index contributed by atoms with van der Waals surface area (Å²) in [5.74, 6) is -0.405. The average Bonchev–Trinajstić information content (AvgIpc) is 3.28. The molecule has 0 aliphatic heterocycles. The van der Waals surface area contributed by atoms with Crippen LogP contribution >= 0.6 is 0 Å². The molecule has 1 aliphatic rings. The largest absolute Gasteiger partial charge is 0.388 e. The number of sulfonamides is 1. The zero-order chi connectivity index (χ0) is 16.4. The summed E-state index contributed by atoms with van der Waals surface area (Å²) in [7, 11) is -3.58. The molecule has 7 heteroatoms. The van der Waals surface area contributed by atoms with Crippen molar-refractivity contribution in [2.24, 2.45) is 0 Å². The Labute approximate surface area is 131 Å². The van der Waals surface area contributed by atoms with Crippen LogP contribution in [0, 0.1) is 0 Å². The highest BCUT2D eigenvalue weighted by molar-refractivity contribution is 7.89. The lowest BCUT2D eigenvalue weighted by Crippen LogP contribution is -2.40. The standard InChI is InChI=1S/C15H22N2O4S/c1-3-15(2,19)10-16-14(18)11-5-4-6-13(9-11)22(20,21)17-12-7-8-12/h4-6,9,12,17,19H,3,7-8,10H2,1-2H3,(H,16,18)/t15-/m1/s1. The summed E-state index contributed by atoms with van der Waals surface area (Å²) in [6.45, 7) is 3.57. The zero-order valence-electron chi connectivity index (χ0n) is 12.8. The number of hydrogen-bond donors (Lipinski definition) is 3. The van der Waals surface area contributed by atoms with Crippen molar-refractivity contribution in [3.63, 3.8) is 0 Å². The maximum Gasteiger partial charge on any atom is 0.251 e. The maximum atomic E-state index is 12.1. The summed E-state index contributed by atoms with van der Waals surface area (Å²) >= 11 is 0. The van der Waals surface area contributed by atoms with Gasteiger partial charge in [-0.1, -0.05) is 13.0 Å². The Morgan fingerprint density at radius 1 is 1.41 bits per heavy atom. The van der Waals surface area contributed by atoms with Crippen LogP contribution < -0.4 is 10.0 Å². The van der Waals surface area contributed by atoms with E-state index in [0.717, 1.165) is 12.8 Å². The van der Waals surface area contributed by atoms with Gasteiger partial charge in [-0.05, 0) is 44.4 Å². The minimum atomic E-state index is -3.58. The van der Waals surface area contributed by atoms with Crippen LogP contribution in [0.2, 0.25) is 0 Å². The molecule has 1 atom stereocenters. The van der Waals surface area contributed by atoms with E-state index >= 15 is 0 Å². The highest BCUT2D eigenvalue weighted by Crippen LogP contribution is 2.22. The summed E-state index contributed by atoms with van der Waals surface area (Å²) in [5, 5.41) is 12.5. The minimum Gasteiger partial charge on any atom is -0.388 e. The first-order valence-corrected chi connectivity index (χ1v) is 8.85. The number of benzene rings is 1. The Morgan fingerprint density at radius 3 is 2.68 bits per heavy atom. The fraction of sp³-hybridized carbons (Fsp3) is 0.533. The van der Waals surface area contributed by atoms with Gasteiger partial charge in [-0.3, -0.25) is 4.79 Å². The fourth-order valence-corrected chi connectivity index (χ4v) is 3.14. The predicted molar refractivity (Wildman–Crippen MR) is 83.0 cm³/mol. The number of nitrogens with one attached hydrogen (secondary N) is 2. The molecule has 2 rings (SSSR count). The second kappa shape index (κ2) is 6.36. The van der Waals surface area contributed by atoms with Crippen molar-refractivity contribution in [2.45, 2.75) is 49.6 Å². The molecule has 0 radical (unpaired) electrons. The molecule has 0 aromatic heterocycles. The minimum absolute atomic E-state index is 0.0159. The van der Waals surface area contributed by atoms with Gasteiger partial charge in [0.25, 0.3) is 5.91 Å². The predicted octanol–water partition coefficient (Wildman–Crippen LogP) is 1.02. The molecular weight excluding hydrogens is 304 g/mol. The number of amides is 1. The summed E-state index contributed by atoms with van der Waals surface area (Å²) in [6.07, 6.45) is 2.21. The first-order chi connectivity index (χ1) is 10.2. The molecule has 0 saturated heterocycles. The maximum absolute atomic E-state index is 12.1. The van der Waals surface area contributed by atoms with Gasteiger partial charge in [0.15, 0.2) is 0 Å². The van der Waals surface area contributed by atoms with Crippen LogP contribution in [0.3, 0.4) is 0 Å². The highest BCUT2D eigenvalue weighted by Gasteiger charge is 2.28. The fourth-order valence-electron chi connectivity index (χ4n) is 1.79. The third-order valence-corrected chi connectivity index (χ3v) is 5.22. The smallest absolute Gasteiger partial charge is 0.251 e. The second-order valence-corrected chi connectivity index (χ2v) is 7.67. The van der Waals surface area contributed by atoms with E-state index in [9.17, 15) is 18.3 Å². The van der Waals surface area contributed by atoms with Crippen molar-refractivity contribution < 1.29 is 18.3 Å². The Hall–Kier alpha value is -1.44. The van der Waals surface area contributed by atoms with Crippen LogP contribution in [0.4, 0.5) is 0 Å². The van der Waals surface area contributed by atoms with Crippen LogP contribution in [0.15, 0.2) is 29.2 Å². The lowest BCUT2D eigenvalue weighted by atomic mass is 10.0. The first-order valence-electron chi connectivity index (χ1n) is 7.36. The van der Waals surface area contributed by atoms with E-state index in [1.807, 2.05) is 6.92 Å². The van der Waals surface area contributed by atoms with Crippen molar-refractivity contribution >= 4 is 15.9 Å². The molecule has 1 aliphatic carbocycles. The molecule has 1 fully saturated rings. The van der Waals surface area contributed by atoms with Gasteiger partial charge in [0.05, 0.1) is 10.5 Å². The quantitative estimate of drug-likeness (QED) is 0.697. The Balaban J connectivity index is 2.09. The molecule has 0 heterocycles. The van der Waals surface area contributed by atoms with Gasteiger partial charge < -0.3 is 10.4 Å². The van der Waals surface area contributed by atoms with Crippen LogP contribution in [0.5, 0.6) is 0 Å². The van der Waals surface area contributed by atoms with E-state index in [1.54, 1.807) is 13.0 Å². The van der Waals surface area contributed by atoms with E-state index in [-0.39, 0.29) is 23.0 Å². The number of hydrogen-bond acceptors (Lipinski definition) is 4. The number of rotatable bonds is 7. The molecule has 122 valence electrons. The van der Waals surface area contributed by atoms with E-state index in [4.69, 9.17) is 0 Å². The van der Waals surface area contributed by atoms with Crippen LogP contribution in [0.1, 0.15) is 43.5 Å². The molecule has 6 nitrogen and oxygen atoms in total. The van der Waals surface area contributed by atoms with Crippen LogP contribution in [0.25, 0.3) is 0 Å². The number of carbonyl (C=O) groups is 1. The van der Waals surface area contributed by atoms with Crippen molar-refractivity contribution in [3.05, 3.63) is 29.8 Å². The van der Waals surface area contributed by atoms with E-state index in [2.05, 4.69) is 10.0 Å². The number of carbonyl (C=O) groups excluding carboxylic acids is 1. The Kier molecular flexibility index (Phi) is 4.89. The van der Waals surface area contributed by atoms with Gasteiger partial charge in [-0.15, -0.1) is 0 Å². The molecule has 1 aromatic rings. The monoisotopic (exact) mass is 326 g/mol. The van der Waals surface area contributed by atoms with E-state index < -0.39 is 21.5 Å². The highest BCUT2D eigenvalue weighted by atomic mass is 32.2. The first kappa shape index (κ1) is 16.9. The second-order valence-electron chi connectivity index (χ2n) is 5.96.